The molecule has 1 rings (SSSR count). The maximum Gasteiger partial charge on any atom is 1.00 e. The molecule has 0 amide bonds. The van der Waals surface area contributed by atoms with Gasteiger partial charge in [-0.15, -0.1) is 9.24 Å². The minimum Gasteiger partial charge on any atom is -1.00 e. The third-order valence-corrected chi connectivity index (χ3v) is 3.09. The minimum absolute atomic E-state index is 0. The predicted molar refractivity (Wildman–Crippen MR) is 78.1 cm³/mol. The maximum atomic E-state index is 12.3. The fraction of sp³-hybridized carbons (Fsp3) is 0.500. The number of aryl methyl sites for hydroxylation is 1. The molecule has 3 nitrogen and oxygen atoms in total. The summed E-state index contributed by atoms with van der Waals surface area (Å²) in [6.07, 6.45) is 1.34. The molecule has 2 unspecified atom stereocenters. The number of hydrogen-bond acceptors (Lipinski definition) is 3. The first-order chi connectivity index (χ1) is 8.49. The van der Waals surface area contributed by atoms with Gasteiger partial charge in [-0.05, 0) is 36.7 Å². The molecule has 0 aliphatic heterocycles. The van der Waals surface area contributed by atoms with E-state index in [9.17, 15) is 4.79 Å². The Labute approximate surface area is 131 Å². The van der Waals surface area contributed by atoms with Crippen LogP contribution in [-0.4, -0.2) is 25.7 Å². The first-order valence-corrected chi connectivity index (χ1v) is 6.67. The molecule has 0 heterocycles. The number of hydrogen-bond donors (Lipinski definition) is 0. The van der Waals surface area contributed by atoms with Gasteiger partial charge in [0, 0.05) is 6.42 Å². The minimum atomic E-state index is 0. The first kappa shape index (κ1) is 18.5. The number of benzene rings is 1. The average Bonchev–Trinajstić information content (AvgIpc) is 2.34. The molecule has 0 N–H and O–H groups in total. The quantitative estimate of drug-likeness (QED) is 0.427. The number of carbonyl (C=O) groups is 1. The van der Waals surface area contributed by atoms with E-state index in [2.05, 4.69) is 16.2 Å². The number of methoxy groups -OCH3 is 2. The van der Waals surface area contributed by atoms with Crippen LogP contribution in [0, 0.1) is 6.92 Å². The molecule has 0 saturated heterocycles. The Bertz CT molecular complexity index is 413. The van der Waals surface area contributed by atoms with Gasteiger partial charge < -0.3 is 10.9 Å². The van der Waals surface area contributed by atoms with Crippen LogP contribution in [0.25, 0.3) is 0 Å². The van der Waals surface area contributed by atoms with Crippen LogP contribution >= 0.6 is 9.24 Å². The molecule has 0 bridgehead atoms. The van der Waals surface area contributed by atoms with E-state index >= 15 is 0 Å². The summed E-state index contributed by atoms with van der Waals surface area (Å²) in [5, 5.41) is 0. The molecular formula is C14H22LiO3P. The molecule has 102 valence electrons. The molecule has 5 heteroatoms. The van der Waals surface area contributed by atoms with Crippen molar-refractivity contribution in [1.29, 1.82) is 0 Å². The van der Waals surface area contributed by atoms with E-state index in [-0.39, 0.29) is 26.1 Å². The first-order valence-electron chi connectivity index (χ1n) is 6.01. The van der Waals surface area contributed by atoms with E-state index in [0.717, 1.165) is 12.0 Å². The molecule has 0 spiro atoms. The largest absolute Gasteiger partial charge is 1.00 e. The van der Waals surface area contributed by atoms with E-state index in [1.165, 1.54) is 0 Å². The fourth-order valence-corrected chi connectivity index (χ4v) is 1.97. The van der Waals surface area contributed by atoms with E-state index in [4.69, 9.17) is 9.47 Å². The molecule has 0 radical (unpaired) electrons. The Hall–Kier alpha value is -0.483. The van der Waals surface area contributed by atoms with Gasteiger partial charge in [0.2, 0.25) is 0 Å². The predicted octanol–water partition coefficient (Wildman–Crippen LogP) is 0.355. The van der Waals surface area contributed by atoms with Gasteiger partial charge in [0.25, 0.3) is 0 Å². The van der Waals surface area contributed by atoms with Crippen molar-refractivity contribution in [3.8, 4) is 11.5 Å². The second-order valence-electron chi connectivity index (χ2n) is 4.48. The van der Waals surface area contributed by atoms with Gasteiger partial charge in [0.05, 0.1) is 14.2 Å². The van der Waals surface area contributed by atoms with Gasteiger partial charge in [-0.3, -0.25) is 4.79 Å². The van der Waals surface area contributed by atoms with Crippen LogP contribution in [0.3, 0.4) is 0 Å². The summed E-state index contributed by atoms with van der Waals surface area (Å²) >= 11 is 0. The van der Waals surface area contributed by atoms with Gasteiger partial charge in [-0.25, -0.2) is 0 Å². The smallest absolute Gasteiger partial charge is 1.00 e. The second kappa shape index (κ2) is 8.64. The summed E-state index contributed by atoms with van der Waals surface area (Å²) in [5.74, 6) is 1.25. The molecule has 0 aromatic heterocycles. The zero-order chi connectivity index (χ0) is 13.7. The van der Waals surface area contributed by atoms with Crippen LogP contribution in [0.1, 0.15) is 37.1 Å². The molecule has 0 aliphatic carbocycles. The monoisotopic (exact) mass is 276 g/mol. The maximum absolute atomic E-state index is 12.3. The number of ketones is 1. The van der Waals surface area contributed by atoms with Crippen molar-refractivity contribution < 1.29 is 34.6 Å². The van der Waals surface area contributed by atoms with Crippen molar-refractivity contribution in [2.45, 2.75) is 32.3 Å². The van der Waals surface area contributed by atoms with Crippen LogP contribution < -0.4 is 28.3 Å². The summed E-state index contributed by atoms with van der Waals surface area (Å²) in [4.78, 5) is 12.3. The van der Waals surface area contributed by atoms with Crippen molar-refractivity contribution >= 4 is 15.0 Å². The third kappa shape index (κ3) is 5.19. The van der Waals surface area contributed by atoms with Gasteiger partial charge in [-0.2, -0.15) is 0 Å². The van der Waals surface area contributed by atoms with Crippen molar-refractivity contribution in [3.05, 3.63) is 23.3 Å². The van der Waals surface area contributed by atoms with Crippen LogP contribution in [0.2, 0.25) is 0 Å². The molecule has 0 fully saturated rings. The molecule has 19 heavy (non-hydrogen) atoms. The molecular weight excluding hydrogens is 254 g/mol. The number of rotatable bonds is 6. The van der Waals surface area contributed by atoms with Crippen LogP contribution in [0.15, 0.2) is 12.1 Å². The van der Waals surface area contributed by atoms with Gasteiger partial charge in [-0.1, -0.05) is 6.92 Å². The van der Waals surface area contributed by atoms with E-state index in [0.29, 0.717) is 29.1 Å². The zero-order valence-electron chi connectivity index (χ0n) is 13.4. The molecule has 0 saturated carbocycles. The normalized spacial score (nSPS) is 11.4. The van der Waals surface area contributed by atoms with Gasteiger partial charge in [0.15, 0.2) is 5.78 Å². The van der Waals surface area contributed by atoms with Crippen molar-refractivity contribution in [2.75, 3.05) is 14.2 Å². The van der Waals surface area contributed by atoms with Crippen LogP contribution in [0.5, 0.6) is 11.5 Å². The van der Waals surface area contributed by atoms with Crippen molar-refractivity contribution in [1.82, 2.24) is 0 Å². The summed E-state index contributed by atoms with van der Waals surface area (Å²) in [6.45, 7) is 4.02. The zero-order valence-corrected chi connectivity index (χ0v) is 13.6. The van der Waals surface area contributed by atoms with E-state index in [1.807, 2.05) is 19.1 Å². The van der Waals surface area contributed by atoms with Crippen LogP contribution in [0.4, 0.5) is 0 Å². The summed E-state index contributed by atoms with van der Waals surface area (Å²) in [5.41, 5.74) is 1.99. The van der Waals surface area contributed by atoms with Crippen molar-refractivity contribution in [3.63, 3.8) is 0 Å². The summed E-state index contributed by atoms with van der Waals surface area (Å²) < 4.78 is 10.6. The van der Waals surface area contributed by atoms with E-state index < -0.39 is 0 Å². The summed E-state index contributed by atoms with van der Waals surface area (Å²) in [6, 6.07) is 3.72. The standard InChI is InChI=1S/C14H21O3P.Li.H/c1-9-7-12(16-3)14(13(8-9)17-4)11(15)6-5-10(2)18;;/h7-8,10H,5-6,18H2,1-4H3;;/q;+1;-1. The second-order valence-corrected chi connectivity index (χ2v) is 5.62. The fourth-order valence-electron chi connectivity index (χ4n) is 1.80. The number of carbonyl (C=O) groups excluding carboxylic acids is 1. The van der Waals surface area contributed by atoms with Gasteiger partial charge in [0.1, 0.15) is 17.1 Å². The Balaban J connectivity index is 0. The van der Waals surface area contributed by atoms with Crippen molar-refractivity contribution in [2.24, 2.45) is 0 Å². The third-order valence-electron chi connectivity index (χ3n) is 2.76. The number of Topliss-reactive ketones (excluding diaryl/α,β-unsaturated/α-hetero) is 1. The van der Waals surface area contributed by atoms with Gasteiger partial charge >= 0.3 is 18.9 Å². The topological polar surface area (TPSA) is 35.5 Å². The Morgan fingerprint density at radius 1 is 1.32 bits per heavy atom. The molecule has 1 aromatic carbocycles. The Morgan fingerprint density at radius 2 is 1.79 bits per heavy atom. The van der Waals surface area contributed by atoms with E-state index in [1.54, 1.807) is 14.2 Å². The van der Waals surface area contributed by atoms with Crippen LogP contribution in [-0.2, 0) is 0 Å². The Kier molecular flexibility index (Phi) is 8.42. The average molecular weight is 276 g/mol. The molecule has 1 aromatic rings. The number of ether oxygens (including phenoxy) is 2. The molecule has 2 atom stereocenters. The SMILES string of the molecule is COc1cc(C)cc(OC)c1C(=O)CCC(C)P.[H-].[Li+]. The molecule has 0 aliphatic rings. The Morgan fingerprint density at radius 3 is 2.16 bits per heavy atom. The summed E-state index contributed by atoms with van der Waals surface area (Å²) in [7, 11) is 5.85.